The summed E-state index contributed by atoms with van der Waals surface area (Å²) in [6.45, 7) is 1.69. The SMILES string of the molecule is CC1=NN(C)C(c2cc(F)c3c(c2)NC(=O)CO3)C1c1ccc(F)cc1. The van der Waals surface area contributed by atoms with Gasteiger partial charge in [-0.05, 0) is 42.3 Å². The molecule has 7 heteroatoms. The van der Waals surface area contributed by atoms with Gasteiger partial charge in [-0.25, -0.2) is 8.78 Å². The first kappa shape index (κ1) is 16.5. The summed E-state index contributed by atoms with van der Waals surface area (Å²) < 4.78 is 33.0. The molecule has 0 fully saturated rings. The molecular formula is C19H17F2N3O2. The summed E-state index contributed by atoms with van der Waals surface area (Å²) in [4.78, 5) is 11.6. The van der Waals surface area contributed by atoms with Gasteiger partial charge in [0.25, 0.3) is 5.91 Å². The lowest BCUT2D eigenvalue weighted by molar-refractivity contribution is -0.118. The summed E-state index contributed by atoms with van der Waals surface area (Å²) in [6.07, 6.45) is 0. The van der Waals surface area contributed by atoms with Crippen molar-refractivity contribution in [3.05, 3.63) is 59.2 Å². The van der Waals surface area contributed by atoms with Crippen LogP contribution in [-0.4, -0.2) is 30.3 Å². The number of nitrogens with one attached hydrogen (secondary N) is 1. The maximum absolute atomic E-state index is 14.5. The molecule has 2 aliphatic heterocycles. The summed E-state index contributed by atoms with van der Waals surface area (Å²) >= 11 is 0. The molecule has 2 heterocycles. The van der Waals surface area contributed by atoms with Gasteiger partial charge in [-0.15, -0.1) is 0 Å². The fraction of sp³-hybridized carbons (Fsp3) is 0.263. The van der Waals surface area contributed by atoms with Gasteiger partial charge in [0, 0.05) is 12.8 Å². The van der Waals surface area contributed by atoms with E-state index in [1.165, 1.54) is 18.2 Å². The molecule has 2 aliphatic rings. The van der Waals surface area contributed by atoms with Crippen LogP contribution in [-0.2, 0) is 4.79 Å². The molecule has 0 radical (unpaired) electrons. The highest BCUT2D eigenvalue weighted by Gasteiger charge is 2.37. The number of anilines is 1. The van der Waals surface area contributed by atoms with E-state index in [0.717, 1.165) is 11.3 Å². The molecule has 5 nitrogen and oxygen atoms in total. The Bertz CT molecular complexity index is 912. The van der Waals surface area contributed by atoms with Crippen LogP contribution >= 0.6 is 0 Å². The molecule has 2 atom stereocenters. The van der Waals surface area contributed by atoms with Crippen molar-refractivity contribution >= 4 is 17.3 Å². The highest BCUT2D eigenvalue weighted by molar-refractivity contribution is 5.96. The molecule has 1 N–H and O–H groups in total. The molecule has 0 saturated heterocycles. The Morgan fingerprint density at radius 1 is 1.19 bits per heavy atom. The first-order valence-corrected chi connectivity index (χ1v) is 8.23. The number of nitrogens with zero attached hydrogens (tertiary/aromatic N) is 2. The smallest absolute Gasteiger partial charge is 0.262 e. The molecule has 134 valence electrons. The van der Waals surface area contributed by atoms with Crippen molar-refractivity contribution in [2.75, 3.05) is 19.0 Å². The zero-order chi connectivity index (χ0) is 18.4. The van der Waals surface area contributed by atoms with Gasteiger partial charge in [-0.3, -0.25) is 9.80 Å². The van der Waals surface area contributed by atoms with Crippen molar-refractivity contribution in [2.45, 2.75) is 18.9 Å². The Hall–Kier alpha value is -2.96. The molecule has 1 amide bonds. The van der Waals surface area contributed by atoms with Gasteiger partial charge in [0.1, 0.15) is 5.82 Å². The molecule has 4 rings (SSSR count). The Balaban J connectivity index is 1.78. The third kappa shape index (κ3) is 2.69. The molecule has 2 aromatic rings. The number of amides is 1. The number of hydrogen-bond donors (Lipinski definition) is 1. The molecule has 2 unspecified atom stereocenters. The summed E-state index contributed by atoms with van der Waals surface area (Å²) in [5.41, 5.74) is 2.71. The Morgan fingerprint density at radius 2 is 1.92 bits per heavy atom. The first-order chi connectivity index (χ1) is 12.4. The number of halogens is 2. The van der Waals surface area contributed by atoms with E-state index in [-0.39, 0.29) is 36.0 Å². The van der Waals surface area contributed by atoms with Crippen LogP contribution < -0.4 is 10.1 Å². The average Bonchev–Trinajstić information content (AvgIpc) is 2.89. The zero-order valence-corrected chi connectivity index (χ0v) is 14.3. The van der Waals surface area contributed by atoms with E-state index in [0.29, 0.717) is 11.3 Å². The van der Waals surface area contributed by atoms with E-state index >= 15 is 0 Å². The van der Waals surface area contributed by atoms with Crippen molar-refractivity contribution in [1.29, 1.82) is 0 Å². The largest absolute Gasteiger partial charge is 0.478 e. The number of hydrogen-bond acceptors (Lipinski definition) is 4. The van der Waals surface area contributed by atoms with Gasteiger partial charge in [-0.1, -0.05) is 12.1 Å². The lowest BCUT2D eigenvalue weighted by Crippen LogP contribution is -2.27. The number of likely N-dealkylation sites (N-methyl/N-ethyl adjacent to an activating group) is 1. The highest BCUT2D eigenvalue weighted by atomic mass is 19.1. The lowest BCUT2D eigenvalue weighted by atomic mass is 9.84. The van der Waals surface area contributed by atoms with E-state index in [4.69, 9.17) is 4.74 Å². The Labute approximate surface area is 149 Å². The summed E-state index contributed by atoms with van der Waals surface area (Å²) in [7, 11) is 1.81. The van der Waals surface area contributed by atoms with Crippen LogP contribution in [0, 0.1) is 11.6 Å². The van der Waals surface area contributed by atoms with E-state index in [9.17, 15) is 13.6 Å². The highest BCUT2D eigenvalue weighted by Crippen LogP contribution is 2.44. The minimum atomic E-state index is -0.534. The minimum absolute atomic E-state index is 0.0463. The van der Waals surface area contributed by atoms with Gasteiger partial charge < -0.3 is 10.1 Å². The van der Waals surface area contributed by atoms with Crippen molar-refractivity contribution < 1.29 is 18.3 Å². The van der Waals surface area contributed by atoms with Crippen LogP contribution in [0.25, 0.3) is 0 Å². The second kappa shape index (κ2) is 6.09. The molecule has 0 spiro atoms. The van der Waals surface area contributed by atoms with Crippen LogP contribution in [0.2, 0.25) is 0 Å². The molecular weight excluding hydrogens is 340 g/mol. The lowest BCUT2D eigenvalue weighted by Gasteiger charge is -2.28. The van der Waals surface area contributed by atoms with Crippen molar-refractivity contribution in [2.24, 2.45) is 5.10 Å². The number of hydrazone groups is 1. The number of carbonyl (C=O) groups excluding carboxylic acids is 1. The Kier molecular flexibility index (Phi) is 3.86. The predicted octanol–water partition coefficient (Wildman–Crippen LogP) is 3.44. The third-order valence-corrected chi connectivity index (χ3v) is 4.74. The molecule has 26 heavy (non-hydrogen) atoms. The number of benzene rings is 2. The van der Waals surface area contributed by atoms with E-state index in [1.807, 2.05) is 14.0 Å². The molecule has 0 aromatic heterocycles. The fourth-order valence-electron chi connectivity index (χ4n) is 3.67. The van der Waals surface area contributed by atoms with Crippen LogP contribution in [0.3, 0.4) is 0 Å². The summed E-state index contributed by atoms with van der Waals surface area (Å²) in [5.74, 6) is -1.28. The van der Waals surface area contributed by atoms with Gasteiger partial charge in [0.05, 0.1) is 17.6 Å². The summed E-state index contributed by atoms with van der Waals surface area (Å²) in [5, 5.41) is 8.90. The number of rotatable bonds is 2. The van der Waals surface area contributed by atoms with Crippen LogP contribution in [0.5, 0.6) is 5.75 Å². The average molecular weight is 357 g/mol. The van der Waals surface area contributed by atoms with E-state index < -0.39 is 5.82 Å². The van der Waals surface area contributed by atoms with Crippen LogP contribution in [0.1, 0.15) is 30.0 Å². The second-order valence-corrected chi connectivity index (χ2v) is 6.51. The number of fused-ring (bicyclic) bond motifs is 1. The van der Waals surface area contributed by atoms with E-state index in [2.05, 4.69) is 10.4 Å². The molecule has 0 bridgehead atoms. The molecule has 2 aromatic carbocycles. The standard InChI is InChI=1S/C19H17F2N3O2/c1-10-17(11-3-5-13(20)6-4-11)18(24(2)23-10)12-7-14(21)19-15(8-12)22-16(25)9-26-19/h3-8,17-18H,9H2,1-2H3,(H,22,25). The van der Waals surface area contributed by atoms with Gasteiger partial charge in [0.2, 0.25) is 0 Å². The number of carbonyl (C=O) groups is 1. The molecule has 0 aliphatic carbocycles. The van der Waals surface area contributed by atoms with Crippen molar-refractivity contribution in [3.8, 4) is 5.75 Å². The number of ether oxygens (including phenoxy) is 1. The maximum atomic E-state index is 14.5. The quantitative estimate of drug-likeness (QED) is 0.896. The first-order valence-electron chi connectivity index (χ1n) is 8.23. The minimum Gasteiger partial charge on any atom is -0.478 e. The van der Waals surface area contributed by atoms with Crippen molar-refractivity contribution in [3.63, 3.8) is 0 Å². The monoisotopic (exact) mass is 357 g/mol. The van der Waals surface area contributed by atoms with Gasteiger partial charge in [0.15, 0.2) is 18.2 Å². The summed E-state index contributed by atoms with van der Waals surface area (Å²) in [6, 6.07) is 9.07. The van der Waals surface area contributed by atoms with Crippen LogP contribution in [0.4, 0.5) is 14.5 Å². The normalized spacial score (nSPS) is 21.8. The van der Waals surface area contributed by atoms with Crippen LogP contribution in [0.15, 0.2) is 41.5 Å². The topological polar surface area (TPSA) is 53.9 Å². The Morgan fingerprint density at radius 3 is 2.65 bits per heavy atom. The predicted molar refractivity (Wildman–Crippen MR) is 93.3 cm³/mol. The third-order valence-electron chi connectivity index (χ3n) is 4.74. The zero-order valence-electron chi connectivity index (χ0n) is 14.3. The van der Waals surface area contributed by atoms with Crippen molar-refractivity contribution in [1.82, 2.24) is 5.01 Å². The molecule has 0 saturated carbocycles. The fourth-order valence-corrected chi connectivity index (χ4v) is 3.67. The second-order valence-electron chi connectivity index (χ2n) is 6.51. The van der Waals surface area contributed by atoms with Gasteiger partial charge in [-0.2, -0.15) is 5.10 Å². The van der Waals surface area contributed by atoms with Gasteiger partial charge >= 0.3 is 0 Å². The van der Waals surface area contributed by atoms with E-state index in [1.54, 1.807) is 23.2 Å². The maximum Gasteiger partial charge on any atom is 0.262 e.